The molecule has 13 heavy (non-hydrogen) atoms. The second-order valence-electron chi connectivity index (χ2n) is 2.94. The largest absolute Gasteiger partial charge is 0.424 e. The Bertz CT molecular complexity index is 123. The van der Waals surface area contributed by atoms with E-state index in [1.165, 1.54) is 0 Å². The first-order valence-electron chi connectivity index (χ1n) is 5.17. The third kappa shape index (κ3) is 3.77. The van der Waals surface area contributed by atoms with Crippen LogP contribution >= 0.6 is 0 Å². The van der Waals surface area contributed by atoms with Crippen molar-refractivity contribution in [2.45, 2.75) is 34.2 Å². The summed E-state index contributed by atoms with van der Waals surface area (Å²) >= 11 is 0. The molecule has 0 rings (SSSR count). The number of hydrogen-bond acceptors (Lipinski definition) is 3. The molecule has 0 spiro atoms. The smallest absolute Gasteiger partial charge is 0.383 e. The molecular formula is C9H23NO2Si. The monoisotopic (exact) mass is 205 g/mol. The molecule has 0 saturated carbocycles. The summed E-state index contributed by atoms with van der Waals surface area (Å²) in [6.07, 6.45) is 0. The van der Waals surface area contributed by atoms with E-state index >= 15 is 0 Å². The highest BCUT2D eigenvalue weighted by Gasteiger charge is 2.37. The maximum absolute atomic E-state index is 5.76. The SMILES string of the molecule is CCO[Si](C)(OCC)N(CC)CC. The van der Waals surface area contributed by atoms with Crippen molar-refractivity contribution in [2.24, 2.45) is 0 Å². The third-order valence-electron chi connectivity index (χ3n) is 2.16. The van der Waals surface area contributed by atoms with Gasteiger partial charge in [0.25, 0.3) is 0 Å². The van der Waals surface area contributed by atoms with Crippen LogP contribution in [0.1, 0.15) is 27.7 Å². The van der Waals surface area contributed by atoms with Crippen LogP contribution in [0.15, 0.2) is 0 Å². The minimum atomic E-state index is -2.05. The Morgan fingerprint density at radius 2 is 1.31 bits per heavy atom. The maximum atomic E-state index is 5.76. The van der Waals surface area contributed by atoms with Crippen molar-refractivity contribution in [3.05, 3.63) is 0 Å². The van der Waals surface area contributed by atoms with Crippen LogP contribution in [0, 0.1) is 0 Å². The van der Waals surface area contributed by atoms with E-state index in [2.05, 4.69) is 25.0 Å². The van der Waals surface area contributed by atoms with Gasteiger partial charge in [0.05, 0.1) is 0 Å². The number of rotatable bonds is 7. The minimum Gasteiger partial charge on any atom is -0.383 e. The zero-order chi connectivity index (χ0) is 10.3. The fourth-order valence-electron chi connectivity index (χ4n) is 1.56. The fraction of sp³-hybridized carbons (Fsp3) is 1.00. The Labute approximate surface area is 83.4 Å². The molecule has 0 fully saturated rings. The Kier molecular flexibility index (Phi) is 6.58. The third-order valence-corrected chi connectivity index (χ3v) is 5.59. The van der Waals surface area contributed by atoms with Gasteiger partial charge < -0.3 is 8.85 Å². The van der Waals surface area contributed by atoms with Crippen LogP contribution in [-0.2, 0) is 8.85 Å². The highest BCUT2D eigenvalue weighted by molar-refractivity contribution is 6.63. The molecule has 0 aliphatic carbocycles. The van der Waals surface area contributed by atoms with Gasteiger partial charge in [-0.15, -0.1) is 0 Å². The van der Waals surface area contributed by atoms with Crippen molar-refractivity contribution < 1.29 is 8.85 Å². The summed E-state index contributed by atoms with van der Waals surface area (Å²) in [7, 11) is -2.05. The van der Waals surface area contributed by atoms with Crippen LogP contribution in [0.3, 0.4) is 0 Å². The molecule has 0 aromatic heterocycles. The molecule has 0 amide bonds. The summed E-state index contributed by atoms with van der Waals surface area (Å²) in [4.78, 5) is 0. The summed E-state index contributed by atoms with van der Waals surface area (Å²) in [6, 6.07) is 0. The van der Waals surface area contributed by atoms with Gasteiger partial charge in [0.2, 0.25) is 0 Å². The molecule has 80 valence electrons. The lowest BCUT2D eigenvalue weighted by molar-refractivity contribution is 0.131. The lowest BCUT2D eigenvalue weighted by atomic mass is 10.7. The lowest BCUT2D eigenvalue weighted by Crippen LogP contribution is -2.56. The topological polar surface area (TPSA) is 21.7 Å². The van der Waals surface area contributed by atoms with Crippen LogP contribution in [0.25, 0.3) is 0 Å². The number of nitrogens with zero attached hydrogens (tertiary/aromatic N) is 1. The van der Waals surface area contributed by atoms with Crippen LogP contribution in [0.5, 0.6) is 0 Å². The minimum absolute atomic E-state index is 0.735. The summed E-state index contributed by atoms with van der Waals surface area (Å²) in [5, 5.41) is 0. The predicted molar refractivity (Wildman–Crippen MR) is 57.8 cm³/mol. The molecule has 0 aliphatic rings. The van der Waals surface area contributed by atoms with E-state index in [0.29, 0.717) is 0 Å². The quantitative estimate of drug-likeness (QED) is 0.593. The first kappa shape index (κ1) is 13.1. The molecule has 0 aromatic rings. The van der Waals surface area contributed by atoms with Crippen molar-refractivity contribution >= 4 is 8.72 Å². The van der Waals surface area contributed by atoms with E-state index < -0.39 is 8.72 Å². The van der Waals surface area contributed by atoms with Gasteiger partial charge in [0.1, 0.15) is 0 Å². The molecule has 0 aromatic carbocycles. The van der Waals surface area contributed by atoms with Crippen molar-refractivity contribution in [2.75, 3.05) is 26.3 Å². The summed E-state index contributed by atoms with van der Waals surface area (Å²) < 4.78 is 13.8. The molecule has 0 N–H and O–H groups in total. The highest BCUT2D eigenvalue weighted by atomic mass is 28.4. The summed E-state index contributed by atoms with van der Waals surface area (Å²) in [5.41, 5.74) is 0. The van der Waals surface area contributed by atoms with E-state index in [4.69, 9.17) is 8.85 Å². The van der Waals surface area contributed by atoms with E-state index in [0.717, 1.165) is 26.3 Å². The van der Waals surface area contributed by atoms with Crippen molar-refractivity contribution in [3.8, 4) is 0 Å². The van der Waals surface area contributed by atoms with Gasteiger partial charge in [-0.1, -0.05) is 13.8 Å². The van der Waals surface area contributed by atoms with Gasteiger partial charge in [0.15, 0.2) is 0 Å². The van der Waals surface area contributed by atoms with Crippen molar-refractivity contribution in [1.82, 2.24) is 4.57 Å². The zero-order valence-corrected chi connectivity index (χ0v) is 10.6. The normalized spacial score (nSPS) is 12.5. The Morgan fingerprint density at radius 1 is 0.923 bits per heavy atom. The average Bonchev–Trinajstić information content (AvgIpc) is 2.07. The summed E-state index contributed by atoms with van der Waals surface area (Å²) in [6.45, 7) is 13.9. The second-order valence-corrected chi connectivity index (χ2v) is 5.94. The van der Waals surface area contributed by atoms with Crippen LogP contribution in [0.4, 0.5) is 0 Å². The standard InChI is InChI=1S/C9H23NO2Si/c1-6-10(7-2)13(5,11-8-3)12-9-4/h6-9H2,1-5H3. The predicted octanol–water partition coefficient (Wildman–Crippen LogP) is 1.97. The van der Waals surface area contributed by atoms with Gasteiger partial charge in [0, 0.05) is 13.2 Å². The van der Waals surface area contributed by atoms with Gasteiger partial charge in [-0.05, 0) is 33.5 Å². The molecule has 4 heteroatoms. The van der Waals surface area contributed by atoms with Crippen molar-refractivity contribution in [1.29, 1.82) is 0 Å². The Hall–Kier alpha value is 0.0969. The molecule has 0 heterocycles. The molecule has 0 bridgehead atoms. The molecule has 0 atom stereocenters. The fourth-order valence-corrected chi connectivity index (χ4v) is 4.23. The van der Waals surface area contributed by atoms with E-state index in [1.54, 1.807) is 0 Å². The van der Waals surface area contributed by atoms with Gasteiger partial charge in [-0.25, -0.2) is 0 Å². The molecule has 0 radical (unpaired) electrons. The van der Waals surface area contributed by atoms with Crippen LogP contribution in [0.2, 0.25) is 6.55 Å². The maximum Gasteiger partial charge on any atom is 0.424 e. The lowest BCUT2D eigenvalue weighted by Gasteiger charge is -2.35. The zero-order valence-electron chi connectivity index (χ0n) is 9.59. The number of hydrogen-bond donors (Lipinski definition) is 0. The Morgan fingerprint density at radius 3 is 1.54 bits per heavy atom. The molecular weight excluding hydrogens is 182 g/mol. The molecule has 0 saturated heterocycles. The van der Waals surface area contributed by atoms with E-state index in [1.807, 2.05) is 13.8 Å². The first-order valence-corrected chi connectivity index (χ1v) is 7.43. The highest BCUT2D eigenvalue weighted by Crippen LogP contribution is 2.12. The van der Waals surface area contributed by atoms with Gasteiger partial charge >= 0.3 is 8.72 Å². The van der Waals surface area contributed by atoms with Crippen LogP contribution in [-0.4, -0.2) is 39.6 Å². The van der Waals surface area contributed by atoms with Crippen LogP contribution < -0.4 is 0 Å². The van der Waals surface area contributed by atoms with Crippen molar-refractivity contribution in [3.63, 3.8) is 0 Å². The van der Waals surface area contributed by atoms with Gasteiger partial charge in [-0.2, -0.15) is 0 Å². The van der Waals surface area contributed by atoms with E-state index in [9.17, 15) is 0 Å². The average molecular weight is 205 g/mol. The van der Waals surface area contributed by atoms with E-state index in [-0.39, 0.29) is 0 Å². The first-order chi connectivity index (χ1) is 6.14. The Balaban J connectivity index is 4.33. The molecule has 0 aliphatic heterocycles. The molecule has 3 nitrogen and oxygen atoms in total. The summed E-state index contributed by atoms with van der Waals surface area (Å²) in [5.74, 6) is 0. The van der Waals surface area contributed by atoms with Gasteiger partial charge in [-0.3, -0.25) is 4.57 Å². The second kappa shape index (κ2) is 6.54. The molecule has 0 unspecified atom stereocenters.